The summed E-state index contributed by atoms with van der Waals surface area (Å²) in [5.74, 6) is 1.45. The molecule has 0 saturated carbocycles. The largest absolute Gasteiger partial charge is 0.381 e. The molecule has 2 fully saturated rings. The molecule has 2 heterocycles. The zero-order chi connectivity index (χ0) is 18.3. The Morgan fingerprint density at radius 1 is 1.07 bits per heavy atom. The average Bonchev–Trinajstić information content (AvgIpc) is 3.34. The van der Waals surface area contributed by atoms with Crippen LogP contribution in [0.25, 0.3) is 0 Å². The van der Waals surface area contributed by atoms with Crippen LogP contribution in [0, 0.1) is 5.92 Å². The smallest absolute Gasteiger partial charge is 0.191 e. The molecule has 0 aromatic rings. The van der Waals surface area contributed by atoms with Crippen LogP contribution in [0.1, 0.15) is 39.0 Å². The maximum absolute atomic E-state index is 5.71. The molecule has 2 saturated heterocycles. The van der Waals surface area contributed by atoms with Crippen molar-refractivity contribution in [2.75, 3.05) is 65.9 Å². The lowest BCUT2D eigenvalue weighted by atomic mass is 10.1. The van der Waals surface area contributed by atoms with Gasteiger partial charge < -0.3 is 29.6 Å². The predicted octanol–water partition coefficient (Wildman–Crippen LogP) is 2.19. The van der Waals surface area contributed by atoms with E-state index >= 15 is 0 Å². The van der Waals surface area contributed by atoms with E-state index in [4.69, 9.17) is 18.9 Å². The zero-order valence-corrected chi connectivity index (χ0v) is 19.1. The summed E-state index contributed by atoms with van der Waals surface area (Å²) in [6.07, 6.45) is 5.64. The molecule has 0 aliphatic carbocycles. The SMILES string of the molecule is CCNC(=NCCCOCC1CCOC1)NCCCOCC1CCCO1.I. The molecule has 0 spiro atoms. The summed E-state index contributed by atoms with van der Waals surface area (Å²) < 4.78 is 22.3. The maximum Gasteiger partial charge on any atom is 0.191 e. The summed E-state index contributed by atoms with van der Waals surface area (Å²) >= 11 is 0. The van der Waals surface area contributed by atoms with Crippen LogP contribution in [0.3, 0.4) is 0 Å². The molecule has 8 heteroatoms. The van der Waals surface area contributed by atoms with Crippen molar-refractivity contribution in [3.63, 3.8) is 0 Å². The second-order valence-electron chi connectivity index (χ2n) is 6.91. The molecule has 0 amide bonds. The molecule has 7 nitrogen and oxygen atoms in total. The summed E-state index contributed by atoms with van der Waals surface area (Å²) in [7, 11) is 0. The minimum Gasteiger partial charge on any atom is -0.381 e. The molecule has 2 unspecified atom stereocenters. The van der Waals surface area contributed by atoms with Crippen molar-refractivity contribution in [3.05, 3.63) is 0 Å². The van der Waals surface area contributed by atoms with Crippen molar-refractivity contribution in [1.29, 1.82) is 0 Å². The first-order valence-corrected chi connectivity index (χ1v) is 10.3. The molecule has 2 aliphatic heterocycles. The highest BCUT2D eigenvalue weighted by atomic mass is 127. The third-order valence-electron chi connectivity index (χ3n) is 4.52. The average molecular weight is 499 g/mol. The van der Waals surface area contributed by atoms with Gasteiger partial charge in [0.05, 0.1) is 25.9 Å². The van der Waals surface area contributed by atoms with Gasteiger partial charge in [-0.3, -0.25) is 4.99 Å². The lowest BCUT2D eigenvalue weighted by Crippen LogP contribution is -2.38. The highest BCUT2D eigenvalue weighted by Crippen LogP contribution is 2.12. The fourth-order valence-electron chi connectivity index (χ4n) is 3.04. The van der Waals surface area contributed by atoms with E-state index in [0.29, 0.717) is 12.0 Å². The van der Waals surface area contributed by atoms with Crippen LogP contribution in [0.2, 0.25) is 0 Å². The van der Waals surface area contributed by atoms with Crippen LogP contribution in [-0.2, 0) is 18.9 Å². The topological polar surface area (TPSA) is 73.3 Å². The monoisotopic (exact) mass is 499 g/mol. The summed E-state index contributed by atoms with van der Waals surface area (Å²) in [4.78, 5) is 4.59. The van der Waals surface area contributed by atoms with E-state index in [-0.39, 0.29) is 24.0 Å². The van der Waals surface area contributed by atoms with E-state index < -0.39 is 0 Å². The Kier molecular flexibility index (Phi) is 15.4. The Hall–Kier alpha value is -0.160. The van der Waals surface area contributed by atoms with Crippen LogP contribution in [0.15, 0.2) is 4.99 Å². The number of ether oxygens (including phenoxy) is 4. The fourth-order valence-corrected chi connectivity index (χ4v) is 3.04. The normalized spacial score (nSPS) is 22.6. The molecule has 160 valence electrons. The Balaban J connectivity index is 0.00000364. The number of hydrogen-bond acceptors (Lipinski definition) is 5. The van der Waals surface area contributed by atoms with E-state index in [0.717, 1.165) is 104 Å². The maximum atomic E-state index is 5.71. The molecule has 0 aromatic carbocycles. The number of halogens is 1. The van der Waals surface area contributed by atoms with Gasteiger partial charge >= 0.3 is 0 Å². The number of aliphatic imine (C=N–C) groups is 1. The van der Waals surface area contributed by atoms with Crippen molar-refractivity contribution in [3.8, 4) is 0 Å². The Labute approximate surface area is 181 Å². The molecule has 0 aromatic heterocycles. The minimum absolute atomic E-state index is 0. The molecule has 0 bridgehead atoms. The molecular weight excluding hydrogens is 461 g/mol. The Morgan fingerprint density at radius 3 is 2.67 bits per heavy atom. The summed E-state index contributed by atoms with van der Waals surface area (Å²) in [6.45, 7) is 10.2. The Bertz CT molecular complexity index is 376. The fraction of sp³-hybridized carbons (Fsp3) is 0.947. The van der Waals surface area contributed by atoms with Crippen LogP contribution in [-0.4, -0.2) is 77.9 Å². The molecule has 2 N–H and O–H groups in total. The number of rotatable bonds is 13. The summed E-state index contributed by atoms with van der Waals surface area (Å²) in [5, 5.41) is 6.63. The standard InChI is InChI=1S/C19H37N3O4.HI/c1-2-20-19(21-8-4-10-23-14-17-7-13-25-15-17)22-9-5-11-24-16-18-6-3-12-26-18;/h17-18H,2-16H2,1H3,(H2,20,21,22);1H. The van der Waals surface area contributed by atoms with Gasteiger partial charge in [-0.2, -0.15) is 0 Å². The molecule has 2 rings (SSSR count). The van der Waals surface area contributed by atoms with Crippen molar-refractivity contribution in [2.45, 2.75) is 45.1 Å². The second kappa shape index (κ2) is 16.8. The van der Waals surface area contributed by atoms with Gasteiger partial charge in [0.15, 0.2) is 5.96 Å². The van der Waals surface area contributed by atoms with Crippen LogP contribution < -0.4 is 10.6 Å². The molecule has 2 atom stereocenters. The van der Waals surface area contributed by atoms with Gasteiger partial charge in [0.2, 0.25) is 0 Å². The van der Waals surface area contributed by atoms with Gasteiger partial charge in [-0.1, -0.05) is 0 Å². The van der Waals surface area contributed by atoms with E-state index in [1.54, 1.807) is 0 Å². The lowest BCUT2D eigenvalue weighted by molar-refractivity contribution is 0.0168. The lowest BCUT2D eigenvalue weighted by Gasteiger charge is -2.13. The van der Waals surface area contributed by atoms with E-state index in [1.165, 1.54) is 0 Å². The van der Waals surface area contributed by atoms with Crippen LogP contribution in [0.5, 0.6) is 0 Å². The number of hydrogen-bond donors (Lipinski definition) is 2. The van der Waals surface area contributed by atoms with E-state index in [2.05, 4.69) is 22.5 Å². The van der Waals surface area contributed by atoms with Gasteiger partial charge in [-0.25, -0.2) is 0 Å². The number of nitrogens with zero attached hydrogens (tertiary/aromatic N) is 1. The molecular formula is C19H38IN3O4. The minimum atomic E-state index is 0. The first-order chi connectivity index (χ1) is 12.9. The summed E-state index contributed by atoms with van der Waals surface area (Å²) in [6, 6.07) is 0. The van der Waals surface area contributed by atoms with Gasteiger partial charge in [0.1, 0.15) is 0 Å². The number of guanidine groups is 1. The summed E-state index contributed by atoms with van der Waals surface area (Å²) in [5.41, 5.74) is 0. The molecule has 0 radical (unpaired) electrons. The van der Waals surface area contributed by atoms with Crippen molar-refractivity contribution < 1.29 is 18.9 Å². The van der Waals surface area contributed by atoms with Crippen LogP contribution >= 0.6 is 24.0 Å². The van der Waals surface area contributed by atoms with Crippen LogP contribution in [0.4, 0.5) is 0 Å². The van der Waals surface area contributed by atoms with Crippen molar-refractivity contribution >= 4 is 29.9 Å². The Morgan fingerprint density at radius 2 is 1.93 bits per heavy atom. The predicted molar refractivity (Wildman–Crippen MR) is 118 cm³/mol. The van der Waals surface area contributed by atoms with Gasteiger partial charge in [0, 0.05) is 52.0 Å². The first-order valence-electron chi connectivity index (χ1n) is 10.3. The number of nitrogens with one attached hydrogen (secondary N) is 2. The van der Waals surface area contributed by atoms with Gasteiger partial charge in [0.25, 0.3) is 0 Å². The molecule has 2 aliphatic rings. The van der Waals surface area contributed by atoms with Crippen molar-refractivity contribution in [1.82, 2.24) is 10.6 Å². The highest BCUT2D eigenvalue weighted by Gasteiger charge is 2.15. The molecule has 27 heavy (non-hydrogen) atoms. The van der Waals surface area contributed by atoms with Gasteiger partial charge in [-0.15, -0.1) is 24.0 Å². The van der Waals surface area contributed by atoms with E-state index in [1.807, 2.05) is 0 Å². The third-order valence-corrected chi connectivity index (χ3v) is 4.52. The second-order valence-corrected chi connectivity index (χ2v) is 6.91. The quantitative estimate of drug-likeness (QED) is 0.175. The highest BCUT2D eigenvalue weighted by molar-refractivity contribution is 14.0. The zero-order valence-electron chi connectivity index (χ0n) is 16.7. The first kappa shape index (κ1) is 24.9. The van der Waals surface area contributed by atoms with Gasteiger partial charge in [-0.05, 0) is 39.0 Å². The third kappa shape index (κ3) is 12.1. The van der Waals surface area contributed by atoms with E-state index in [9.17, 15) is 0 Å². The van der Waals surface area contributed by atoms with Crippen molar-refractivity contribution in [2.24, 2.45) is 10.9 Å².